The summed E-state index contributed by atoms with van der Waals surface area (Å²) in [6.07, 6.45) is 76.8. The van der Waals surface area contributed by atoms with Gasteiger partial charge < -0.3 is 14.2 Å². The first-order chi connectivity index (χ1) is 34.5. The van der Waals surface area contributed by atoms with Crippen LogP contribution in [-0.4, -0.2) is 37.2 Å². The van der Waals surface area contributed by atoms with Gasteiger partial charge in [0.25, 0.3) is 0 Å². The minimum absolute atomic E-state index is 0.0960. The van der Waals surface area contributed by atoms with Crippen LogP contribution < -0.4 is 0 Å². The molecule has 0 heterocycles. The van der Waals surface area contributed by atoms with Gasteiger partial charge in [-0.3, -0.25) is 14.4 Å². The third kappa shape index (κ3) is 55.3. The molecule has 1 unspecified atom stereocenters. The van der Waals surface area contributed by atoms with E-state index in [1.165, 1.54) is 116 Å². The number of carbonyl (C=O) groups is 3. The van der Waals surface area contributed by atoms with Gasteiger partial charge in [0.05, 0.1) is 0 Å². The van der Waals surface area contributed by atoms with Crippen LogP contribution in [0.4, 0.5) is 0 Å². The maximum atomic E-state index is 12.9. The van der Waals surface area contributed by atoms with Crippen LogP contribution in [0.15, 0.2) is 97.2 Å². The van der Waals surface area contributed by atoms with Gasteiger partial charge in [-0.1, -0.05) is 227 Å². The lowest BCUT2D eigenvalue weighted by Crippen LogP contribution is -2.30. The lowest BCUT2D eigenvalue weighted by molar-refractivity contribution is -0.167. The topological polar surface area (TPSA) is 78.9 Å². The summed E-state index contributed by atoms with van der Waals surface area (Å²) in [4.78, 5) is 38.2. The summed E-state index contributed by atoms with van der Waals surface area (Å²) in [6.45, 7) is 6.47. The average molecular weight is 974 g/mol. The summed E-state index contributed by atoms with van der Waals surface area (Å²) >= 11 is 0. The van der Waals surface area contributed by atoms with Gasteiger partial charge in [0.15, 0.2) is 6.10 Å². The molecule has 0 aliphatic carbocycles. The molecule has 0 aromatic carbocycles. The Morgan fingerprint density at radius 1 is 0.300 bits per heavy atom. The molecule has 0 aliphatic heterocycles. The van der Waals surface area contributed by atoms with Gasteiger partial charge >= 0.3 is 17.9 Å². The highest BCUT2D eigenvalue weighted by molar-refractivity contribution is 5.71. The largest absolute Gasteiger partial charge is 0.462 e. The second-order valence-corrected chi connectivity index (χ2v) is 19.2. The van der Waals surface area contributed by atoms with Crippen LogP contribution in [0.3, 0.4) is 0 Å². The fourth-order valence-electron chi connectivity index (χ4n) is 7.91. The summed E-state index contributed by atoms with van der Waals surface area (Å²) < 4.78 is 16.8. The van der Waals surface area contributed by atoms with Crippen molar-refractivity contribution in [3.05, 3.63) is 97.2 Å². The van der Waals surface area contributed by atoms with Crippen molar-refractivity contribution in [1.29, 1.82) is 0 Å². The molecular weight excluding hydrogens is 865 g/mol. The smallest absolute Gasteiger partial charge is 0.306 e. The van der Waals surface area contributed by atoms with Gasteiger partial charge in [0.2, 0.25) is 0 Å². The van der Waals surface area contributed by atoms with Gasteiger partial charge in [-0.15, -0.1) is 0 Å². The predicted octanol–water partition coefficient (Wildman–Crippen LogP) is 19.7. The Labute approximate surface area is 432 Å². The normalized spacial score (nSPS) is 12.8. The molecule has 0 spiro atoms. The van der Waals surface area contributed by atoms with Crippen molar-refractivity contribution in [3.63, 3.8) is 0 Å². The van der Waals surface area contributed by atoms with E-state index in [-0.39, 0.29) is 31.1 Å². The maximum Gasteiger partial charge on any atom is 0.306 e. The molecule has 0 fully saturated rings. The first-order valence-electron chi connectivity index (χ1n) is 29.2. The molecule has 6 heteroatoms. The summed E-state index contributed by atoms with van der Waals surface area (Å²) in [5.41, 5.74) is 0. The van der Waals surface area contributed by atoms with E-state index >= 15 is 0 Å². The number of esters is 3. The maximum absolute atomic E-state index is 12.9. The number of hydrogen-bond donors (Lipinski definition) is 0. The van der Waals surface area contributed by atoms with Crippen LogP contribution in [0.1, 0.15) is 271 Å². The van der Waals surface area contributed by atoms with Crippen molar-refractivity contribution in [1.82, 2.24) is 0 Å². The molecule has 6 nitrogen and oxygen atoms in total. The van der Waals surface area contributed by atoms with Crippen LogP contribution in [0, 0.1) is 0 Å². The second-order valence-electron chi connectivity index (χ2n) is 19.2. The minimum Gasteiger partial charge on any atom is -0.462 e. The van der Waals surface area contributed by atoms with Gasteiger partial charge in [-0.05, 0) is 122 Å². The Balaban J connectivity index is 4.48. The van der Waals surface area contributed by atoms with Crippen molar-refractivity contribution in [2.24, 2.45) is 0 Å². The van der Waals surface area contributed by atoms with Gasteiger partial charge in [-0.2, -0.15) is 0 Å². The molecule has 70 heavy (non-hydrogen) atoms. The fourth-order valence-corrected chi connectivity index (χ4v) is 7.91. The second kappa shape index (κ2) is 57.9. The van der Waals surface area contributed by atoms with Crippen LogP contribution >= 0.6 is 0 Å². The zero-order valence-electron chi connectivity index (χ0n) is 45.8. The van der Waals surface area contributed by atoms with Gasteiger partial charge in [0, 0.05) is 19.3 Å². The molecule has 400 valence electrons. The number of carbonyl (C=O) groups excluding carboxylic acids is 3. The first kappa shape index (κ1) is 66.3. The van der Waals surface area contributed by atoms with E-state index in [1.54, 1.807) is 0 Å². The molecule has 0 saturated carbocycles. The third-order valence-corrected chi connectivity index (χ3v) is 12.3. The van der Waals surface area contributed by atoms with Crippen molar-refractivity contribution in [2.75, 3.05) is 13.2 Å². The highest BCUT2D eigenvalue weighted by Crippen LogP contribution is 2.14. The molecule has 0 N–H and O–H groups in total. The van der Waals surface area contributed by atoms with Crippen molar-refractivity contribution >= 4 is 17.9 Å². The summed E-state index contributed by atoms with van der Waals surface area (Å²) in [7, 11) is 0. The Kier molecular flexibility index (Phi) is 54.9. The number of hydrogen-bond acceptors (Lipinski definition) is 6. The Morgan fingerprint density at radius 2 is 0.557 bits per heavy atom. The zero-order chi connectivity index (χ0) is 50.7. The van der Waals surface area contributed by atoms with E-state index in [9.17, 15) is 14.4 Å². The lowest BCUT2D eigenvalue weighted by Gasteiger charge is -2.18. The minimum atomic E-state index is -0.801. The Morgan fingerprint density at radius 3 is 0.929 bits per heavy atom. The van der Waals surface area contributed by atoms with Gasteiger partial charge in [0.1, 0.15) is 13.2 Å². The molecule has 0 bridgehead atoms. The first-order valence-corrected chi connectivity index (χ1v) is 29.2. The standard InChI is InChI=1S/C64H108O6/c1-4-7-10-13-16-19-22-25-28-31-32-34-36-39-42-45-48-51-54-57-63(66)69-60-61(59-68-62(65)56-53-50-47-44-41-38-35-30-27-24-21-18-15-12-9-6-3)70-64(67)58-55-52-49-46-43-40-37-33-29-26-23-20-17-14-11-8-5-2/h7,10,16-17,19-20,25-26,28-30,32,34-35,39,42,61H,4-6,8-9,11-15,18,21-24,27,31,33,36-38,40-41,43-60H2,1-3H3/b10-7-,19-16-,20-17-,28-25-,29-26-,34-32-,35-30-,42-39-. The van der Waals surface area contributed by atoms with E-state index in [1.807, 2.05) is 0 Å². The predicted molar refractivity (Wildman–Crippen MR) is 302 cm³/mol. The molecule has 0 saturated heterocycles. The van der Waals surface area contributed by atoms with Crippen LogP contribution in [0.5, 0.6) is 0 Å². The van der Waals surface area contributed by atoms with E-state index in [0.717, 1.165) is 116 Å². The van der Waals surface area contributed by atoms with E-state index < -0.39 is 6.10 Å². The average Bonchev–Trinajstić information content (AvgIpc) is 3.36. The molecule has 0 radical (unpaired) electrons. The van der Waals surface area contributed by atoms with Crippen molar-refractivity contribution in [3.8, 4) is 0 Å². The quantitative estimate of drug-likeness (QED) is 0.0262. The number of unbranched alkanes of at least 4 members (excludes halogenated alkanes) is 25. The molecule has 0 amide bonds. The van der Waals surface area contributed by atoms with Crippen molar-refractivity contribution < 1.29 is 28.6 Å². The molecule has 0 rings (SSSR count). The van der Waals surface area contributed by atoms with Crippen LogP contribution in [0.25, 0.3) is 0 Å². The monoisotopic (exact) mass is 973 g/mol. The molecule has 0 aliphatic rings. The highest BCUT2D eigenvalue weighted by atomic mass is 16.6. The van der Waals surface area contributed by atoms with Crippen LogP contribution in [-0.2, 0) is 28.6 Å². The lowest BCUT2D eigenvalue weighted by atomic mass is 10.1. The number of ether oxygens (including phenoxy) is 3. The SMILES string of the molecule is CC/C=C\C/C=C\C/C=C\C/C=C\C/C=C\CCCCCC(=O)OCC(COC(=O)CCCCCCC/C=C\CCCCCCCCC)OC(=O)CCCCCCCCC/C=C\C/C=C\CCCCC. The number of rotatable bonds is 52. The van der Waals surface area contributed by atoms with Crippen molar-refractivity contribution in [2.45, 2.75) is 277 Å². The van der Waals surface area contributed by atoms with Gasteiger partial charge in [-0.25, -0.2) is 0 Å². The summed E-state index contributed by atoms with van der Waals surface area (Å²) in [5, 5.41) is 0. The van der Waals surface area contributed by atoms with E-state index in [4.69, 9.17) is 14.2 Å². The summed E-state index contributed by atoms with van der Waals surface area (Å²) in [6, 6.07) is 0. The van der Waals surface area contributed by atoms with E-state index in [2.05, 4.69) is 118 Å². The van der Waals surface area contributed by atoms with Crippen LogP contribution in [0.2, 0.25) is 0 Å². The third-order valence-electron chi connectivity index (χ3n) is 12.3. The highest BCUT2D eigenvalue weighted by Gasteiger charge is 2.19. The Hall–Kier alpha value is -3.67. The molecule has 0 aromatic heterocycles. The van der Waals surface area contributed by atoms with E-state index in [0.29, 0.717) is 19.3 Å². The Bertz CT molecular complexity index is 1400. The molecule has 1 atom stereocenters. The number of allylic oxidation sites excluding steroid dienone is 16. The fraction of sp³-hybridized carbons (Fsp3) is 0.703. The zero-order valence-corrected chi connectivity index (χ0v) is 45.8. The molecular formula is C64H108O6. The summed E-state index contributed by atoms with van der Waals surface area (Å²) in [5.74, 6) is -0.941. The molecule has 0 aromatic rings.